The second-order valence-corrected chi connectivity index (χ2v) is 6.10. The van der Waals surface area contributed by atoms with Gasteiger partial charge < -0.3 is 10.4 Å². The van der Waals surface area contributed by atoms with Crippen molar-refractivity contribution in [2.24, 2.45) is 0 Å². The maximum Gasteiger partial charge on any atom is 0.225 e. The molecule has 0 saturated carbocycles. The van der Waals surface area contributed by atoms with Crippen LogP contribution in [0.3, 0.4) is 0 Å². The molecule has 0 bridgehead atoms. The number of amides is 1. The summed E-state index contributed by atoms with van der Waals surface area (Å²) in [5.74, 6) is -0.0224. The van der Waals surface area contributed by atoms with Gasteiger partial charge in [-0.15, -0.1) is 0 Å². The van der Waals surface area contributed by atoms with Gasteiger partial charge in [-0.2, -0.15) is 0 Å². The monoisotopic (exact) mass is 310 g/mol. The summed E-state index contributed by atoms with van der Waals surface area (Å²) in [5.41, 5.74) is 0.658. The highest BCUT2D eigenvalue weighted by atomic mass is 35.5. The zero-order chi connectivity index (χ0) is 15.2. The van der Waals surface area contributed by atoms with Gasteiger partial charge in [-0.25, -0.2) is 0 Å². The number of nitrogens with one attached hydrogen (secondary N) is 1. The molecule has 1 aliphatic heterocycles. The Morgan fingerprint density at radius 3 is 3.00 bits per heavy atom. The van der Waals surface area contributed by atoms with Crippen molar-refractivity contribution in [1.29, 1.82) is 0 Å². The SMILES string of the molecule is CC(O)CC1CCCN1CCC(=O)Nc1ccccc1Cl. The van der Waals surface area contributed by atoms with Crippen molar-refractivity contribution in [3.8, 4) is 0 Å². The van der Waals surface area contributed by atoms with Gasteiger partial charge in [-0.3, -0.25) is 9.69 Å². The summed E-state index contributed by atoms with van der Waals surface area (Å²) in [7, 11) is 0. The number of carbonyl (C=O) groups is 1. The summed E-state index contributed by atoms with van der Waals surface area (Å²) in [4.78, 5) is 14.3. The van der Waals surface area contributed by atoms with Crippen molar-refractivity contribution < 1.29 is 9.90 Å². The van der Waals surface area contributed by atoms with Crippen molar-refractivity contribution in [1.82, 2.24) is 4.90 Å². The van der Waals surface area contributed by atoms with Gasteiger partial charge in [0.1, 0.15) is 0 Å². The Kier molecular flexibility index (Phi) is 6.03. The minimum Gasteiger partial charge on any atom is -0.393 e. The van der Waals surface area contributed by atoms with Crippen LogP contribution in [0.25, 0.3) is 0 Å². The zero-order valence-electron chi connectivity index (χ0n) is 12.4. The van der Waals surface area contributed by atoms with Gasteiger partial charge >= 0.3 is 0 Å². The molecule has 1 heterocycles. The number of para-hydroxylation sites is 1. The number of likely N-dealkylation sites (tertiary alicyclic amines) is 1. The first-order valence-electron chi connectivity index (χ1n) is 7.52. The highest BCUT2D eigenvalue weighted by molar-refractivity contribution is 6.33. The Labute approximate surface area is 131 Å². The molecule has 21 heavy (non-hydrogen) atoms. The maximum absolute atomic E-state index is 12.0. The molecule has 0 radical (unpaired) electrons. The lowest BCUT2D eigenvalue weighted by Gasteiger charge is -2.25. The van der Waals surface area contributed by atoms with Crippen molar-refractivity contribution in [3.63, 3.8) is 0 Å². The number of aliphatic hydroxyl groups excluding tert-OH is 1. The van der Waals surface area contributed by atoms with Crippen LogP contribution in [0.4, 0.5) is 5.69 Å². The molecule has 1 amide bonds. The fourth-order valence-electron chi connectivity index (χ4n) is 2.87. The van der Waals surface area contributed by atoms with Crippen LogP contribution in [0.2, 0.25) is 5.02 Å². The Hall–Kier alpha value is -1.10. The van der Waals surface area contributed by atoms with Crippen molar-refractivity contribution in [2.75, 3.05) is 18.4 Å². The molecule has 0 aromatic heterocycles. The Balaban J connectivity index is 1.80. The van der Waals surface area contributed by atoms with Crippen LogP contribution in [0, 0.1) is 0 Å². The van der Waals surface area contributed by atoms with Crippen LogP contribution < -0.4 is 5.32 Å². The summed E-state index contributed by atoms with van der Waals surface area (Å²) in [6.45, 7) is 3.56. The lowest BCUT2D eigenvalue weighted by Crippen LogP contribution is -2.34. The second kappa shape index (κ2) is 7.78. The number of aliphatic hydroxyl groups is 1. The predicted molar refractivity (Wildman–Crippen MR) is 85.6 cm³/mol. The molecule has 1 saturated heterocycles. The Bertz CT molecular complexity index is 479. The summed E-state index contributed by atoms with van der Waals surface area (Å²) in [6.07, 6.45) is 3.20. The number of hydrogen-bond acceptors (Lipinski definition) is 3. The van der Waals surface area contributed by atoms with Crippen LogP contribution in [0.5, 0.6) is 0 Å². The fourth-order valence-corrected chi connectivity index (χ4v) is 3.05. The largest absolute Gasteiger partial charge is 0.393 e. The molecule has 5 heteroatoms. The molecule has 1 aromatic rings. The first-order chi connectivity index (χ1) is 10.1. The van der Waals surface area contributed by atoms with E-state index in [1.165, 1.54) is 0 Å². The molecular formula is C16H23ClN2O2. The lowest BCUT2D eigenvalue weighted by molar-refractivity contribution is -0.116. The number of nitrogens with zero attached hydrogens (tertiary/aromatic N) is 1. The van der Waals surface area contributed by atoms with E-state index < -0.39 is 0 Å². The number of benzene rings is 1. The molecule has 2 N–H and O–H groups in total. The molecule has 1 aromatic carbocycles. The molecule has 1 aliphatic rings. The van der Waals surface area contributed by atoms with E-state index in [9.17, 15) is 9.90 Å². The third kappa shape index (κ3) is 4.99. The molecule has 2 unspecified atom stereocenters. The van der Waals surface area contributed by atoms with Crippen LogP contribution in [0.15, 0.2) is 24.3 Å². The van der Waals surface area contributed by atoms with Gasteiger partial charge in [0.2, 0.25) is 5.91 Å². The quantitative estimate of drug-likeness (QED) is 0.849. The smallest absolute Gasteiger partial charge is 0.225 e. The van der Waals surface area contributed by atoms with Crippen LogP contribution in [-0.2, 0) is 4.79 Å². The van der Waals surface area contributed by atoms with E-state index >= 15 is 0 Å². The van der Waals surface area contributed by atoms with Gasteiger partial charge in [-0.1, -0.05) is 23.7 Å². The van der Waals surface area contributed by atoms with Gasteiger partial charge in [0, 0.05) is 19.0 Å². The van der Waals surface area contributed by atoms with E-state index in [1.54, 1.807) is 12.1 Å². The topological polar surface area (TPSA) is 52.6 Å². The van der Waals surface area contributed by atoms with E-state index in [1.807, 2.05) is 19.1 Å². The highest BCUT2D eigenvalue weighted by Gasteiger charge is 2.25. The first kappa shape index (κ1) is 16.3. The van der Waals surface area contributed by atoms with Crippen molar-refractivity contribution in [3.05, 3.63) is 29.3 Å². The number of anilines is 1. The predicted octanol–water partition coefficient (Wildman–Crippen LogP) is 2.90. The van der Waals surface area contributed by atoms with Crippen molar-refractivity contribution in [2.45, 2.75) is 44.8 Å². The second-order valence-electron chi connectivity index (χ2n) is 5.69. The molecule has 116 valence electrons. The Morgan fingerprint density at radius 2 is 2.29 bits per heavy atom. The van der Waals surface area contributed by atoms with Gasteiger partial charge in [0.05, 0.1) is 16.8 Å². The summed E-state index contributed by atoms with van der Waals surface area (Å²) >= 11 is 6.02. The van der Waals surface area contributed by atoms with E-state index in [4.69, 9.17) is 11.6 Å². The van der Waals surface area contributed by atoms with Gasteiger partial charge in [0.25, 0.3) is 0 Å². The van der Waals surface area contributed by atoms with Crippen LogP contribution >= 0.6 is 11.6 Å². The summed E-state index contributed by atoms with van der Waals surface area (Å²) < 4.78 is 0. The fraction of sp³-hybridized carbons (Fsp3) is 0.562. The summed E-state index contributed by atoms with van der Waals surface area (Å²) in [5, 5.41) is 12.9. The van der Waals surface area contributed by atoms with E-state index in [2.05, 4.69) is 10.2 Å². The number of hydrogen-bond donors (Lipinski definition) is 2. The summed E-state index contributed by atoms with van der Waals surface area (Å²) in [6, 6.07) is 7.64. The lowest BCUT2D eigenvalue weighted by atomic mass is 10.1. The van der Waals surface area contributed by atoms with Crippen LogP contribution in [0.1, 0.15) is 32.6 Å². The first-order valence-corrected chi connectivity index (χ1v) is 7.90. The third-order valence-electron chi connectivity index (χ3n) is 3.89. The van der Waals surface area contributed by atoms with Crippen molar-refractivity contribution >= 4 is 23.2 Å². The molecule has 2 rings (SSSR count). The third-order valence-corrected chi connectivity index (χ3v) is 4.22. The average molecular weight is 311 g/mol. The average Bonchev–Trinajstić information content (AvgIpc) is 2.85. The number of rotatable bonds is 6. The normalized spacial score (nSPS) is 20.4. The molecule has 0 aliphatic carbocycles. The van der Waals surface area contributed by atoms with E-state index in [-0.39, 0.29) is 12.0 Å². The van der Waals surface area contributed by atoms with Crippen LogP contribution in [-0.4, -0.2) is 41.1 Å². The van der Waals surface area contributed by atoms with E-state index in [0.717, 1.165) is 32.4 Å². The molecule has 2 atom stereocenters. The van der Waals surface area contributed by atoms with Gasteiger partial charge in [-0.05, 0) is 44.9 Å². The standard InChI is InChI=1S/C16H23ClN2O2/c1-12(20)11-13-5-4-9-19(13)10-8-16(21)18-15-7-3-2-6-14(15)17/h2-3,6-7,12-13,20H,4-5,8-11H2,1H3,(H,18,21). The number of halogens is 1. The Morgan fingerprint density at radius 1 is 1.52 bits per heavy atom. The maximum atomic E-state index is 12.0. The molecule has 0 spiro atoms. The molecular weight excluding hydrogens is 288 g/mol. The highest BCUT2D eigenvalue weighted by Crippen LogP contribution is 2.23. The number of carbonyl (C=O) groups excluding carboxylic acids is 1. The minimum absolute atomic E-state index is 0.0224. The van der Waals surface area contributed by atoms with E-state index in [0.29, 0.717) is 23.2 Å². The molecule has 4 nitrogen and oxygen atoms in total. The minimum atomic E-state index is -0.285. The van der Waals surface area contributed by atoms with Gasteiger partial charge in [0.15, 0.2) is 0 Å². The molecule has 1 fully saturated rings. The zero-order valence-corrected chi connectivity index (χ0v) is 13.1.